The second-order valence-electron chi connectivity index (χ2n) is 15.0. The Bertz CT molecular complexity index is 5360. The second kappa shape index (κ2) is 17.8. The molecule has 11 aromatic carbocycles. The largest absolute Gasteiger partial charge is 0.311 e. The van der Waals surface area contributed by atoms with E-state index in [0.29, 0.717) is 21.2 Å². The summed E-state index contributed by atoms with van der Waals surface area (Å²) < 4.78 is 276. The number of anilines is 3. The highest BCUT2D eigenvalue weighted by Crippen LogP contribution is 2.41. The molecular formula is C66H46N2. The molecule has 0 aliphatic carbocycles. The minimum Gasteiger partial charge on any atom is -0.311 e. The molecule has 0 amide bonds. The van der Waals surface area contributed by atoms with Gasteiger partial charge in [-0.25, -0.2) is 0 Å². The van der Waals surface area contributed by atoms with Crippen LogP contribution in [0.2, 0.25) is 0 Å². The topological polar surface area (TPSA) is 8.17 Å². The number of para-hydroxylation sites is 2. The van der Waals surface area contributed by atoms with Gasteiger partial charge in [-0.15, -0.1) is 0 Å². The Morgan fingerprint density at radius 1 is 0.279 bits per heavy atom. The summed E-state index contributed by atoms with van der Waals surface area (Å²) in [6.45, 7) is 0. The van der Waals surface area contributed by atoms with E-state index in [4.69, 9.17) is 20.6 Å². The second-order valence-corrected chi connectivity index (χ2v) is 15.0. The molecule has 0 unspecified atom stereocenters. The minimum absolute atomic E-state index is 0.119. The summed E-state index contributed by atoms with van der Waals surface area (Å²) >= 11 is 0. The summed E-state index contributed by atoms with van der Waals surface area (Å²) in [5, 5.41) is 1.31. The molecule has 0 saturated heterocycles. The van der Waals surface area contributed by atoms with E-state index < -0.39 is 243 Å². The van der Waals surface area contributed by atoms with Gasteiger partial charge in [0.05, 0.1) is 57.8 Å². The first-order valence-electron chi connectivity index (χ1n) is 35.9. The van der Waals surface area contributed by atoms with Crippen molar-refractivity contribution in [1.82, 2.24) is 4.57 Å². The number of nitrogens with zero attached hydrogens (tertiary/aromatic N) is 2. The maximum Gasteiger partial charge on any atom is 0.0645 e. The summed E-state index contributed by atoms with van der Waals surface area (Å²) in [6.07, 6.45) is 0. The Balaban J connectivity index is 1.14. The third-order valence-corrected chi connectivity index (χ3v) is 11.0. The number of rotatable bonds is 10. The Labute approximate surface area is 440 Å². The van der Waals surface area contributed by atoms with Crippen LogP contribution in [-0.2, 0) is 0 Å². The lowest BCUT2D eigenvalue weighted by molar-refractivity contribution is 1.18. The van der Waals surface area contributed by atoms with Gasteiger partial charge in [-0.1, -0.05) is 218 Å². The van der Waals surface area contributed by atoms with Gasteiger partial charge in [-0.05, 0) is 122 Å². The predicted octanol–water partition coefficient (Wildman–Crippen LogP) is 18.3. The van der Waals surface area contributed by atoms with Crippen LogP contribution >= 0.6 is 0 Å². The van der Waals surface area contributed by atoms with Gasteiger partial charge in [-0.3, -0.25) is 0 Å². The molecule has 0 aliphatic heterocycles. The third-order valence-electron chi connectivity index (χ3n) is 11.0. The van der Waals surface area contributed by atoms with E-state index >= 15 is 0 Å². The van der Waals surface area contributed by atoms with Crippen LogP contribution in [0.1, 0.15) is 41.1 Å². The minimum atomic E-state index is -1.29. The van der Waals surface area contributed by atoms with Crippen molar-refractivity contribution >= 4 is 38.9 Å². The maximum atomic E-state index is 9.90. The van der Waals surface area contributed by atoms with Gasteiger partial charge in [-0.2, -0.15) is 0 Å². The molecule has 0 saturated carbocycles. The quantitative estimate of drug-likeness (QED) is 0.133. The summed E-state index contributed by atoms with van der Waals surface area (Å²) in [5.74, 6) is 0. The van der Waals surface area contributed by atoms with Gasteiger partial charge in [0.15, 0.2) is 0 Å². The Morgan fingerprint density at radius 2 is 0.706 bits per heavy atom. The first-order valence-corrected chi connectivity index (χ1v) is 20.9. The molecular weight excluding hydrogens is 821 g/mol. The predicted molar refractivity (Wildman–Crippen MR) is 288 cm³/mol. The van der Waals surface area contributed by atoms with E-state index in [2.05, 4.69) is 0 Å². The number of hydrogen-bond donors (Lipinski definition) is 0. The molecule has 0 N–H and O–H groups in total. The Kier molecular flexibility index (Phi) is 5.19. The summed E-state index contributed by atoms with van der Waals surface area (Å²) in [4.78, 5) is 0.397. The normalized spacial score (nSPS) is 17.4. The number of hydrogen-bond acceptors (Lipinski definition) is 1. The molecule has 0 bridgehead atoms. The van der Waals surface area contributed by atoms with Crippen molar-refractivity contribution in [2.24, 2.45) is 0 Å². The summed E-state index contributed by atoms with van der Waals surface area (Å²) in [5.41, 5.74) is -6.53. The molecule has 0 atom stereocenters. The van der Waals surface area contributed by atoms with E-state index in [1.54, 1.807) is 18.2 Å². The highest BCUT2D eigenvalue weighted by Gasteiger charge is 2.18. The van der Waals surface area contributed by atoms with Gasteiger partial charge in [0.1, 0.15) is 0 Å². The summed E-state index contributed by atoms with van der Waals surface area (Å²) in [6, 6.07) is -1.76. The molecule has 0 aliphatic rings. The zero-order valence-corrected chi connectivity index (χ0v) is 35.1. The molecule has 1 aromatic heterocycles. The molecule has 320 valence electrons. The number of aromatic nitrogens is 1. The zero-order chi connectivity index (χ0) is 71.3. The Morgan fingerprint density at radius 3 is 1.31 bits per heavy atom. The van der Waals surface area contributed by atoms with E-state index in [1.165, 1.54) is 0 Å². The molecule has 12 aromatic rings. The van der Waals surface area contributed by atoms with Crippen LogP contribution in [-0.4, -0.2) is 4.57 Å². The van der Waals surface area contributed by atoms with Gasteiger partial charge < -0.3 is 9.47 Å². The van der Waals surface area contributed by atoms with Crippen molar-refractivity contribution in [3.8, 4) is 72.4 Å². The third kappa shape index (κ3) is 7.64. The van der Waals surface area contributed by atoms with E-state index in [1.807, 2.05) is 83.4 Å². The van der Waals surface area contributed by atoms with Crippen LogP contribution in [0.15, 0.2) is 278 Å². The monoisotopic (exact) mass is 897 g/mol. The molecule has 0 radical (unpaired) electrons. The lowest BCUT2D eigenvalue weighted by atomic mass is 9.94. The van der Waals surface area contributed by atoms with Crippen LogP contribution in [0, 0.1) is 0 Å². The van der Waals surface area contributed by atoms with Crippen molar-refractivity contribution in [3.05, 3.63) is 278 Å². The molecule has 1 heterocycles. The molecule has 68 heavy (non-hydrogen) atoms. The lowest BCUT2D eigenvalue weighted by Gasteiger charge is -2.26. The standard InChI is InChI=1S/C66H46N2/c1-4-16-47(17-5-1)48-28-30-49(31-29-48)50-32-39-56(40-33-50)67(58-43-36-54(37-44-58)60-23-11-10-22-59(60)52-18-6-2-7-19-52)57-41-34-51(35-42-57)55-38-45-66-63(46-55)62-25-13-15-27-65(62)68(66)64-26-14-12-24-61(64)53-20-8-3-9-21-53/h1-46H/i1D,2D,4D,5D,6D,7D,10D,11D,16D,17D,18D,19D,22D,23D,28D,29D,30D,31D,32D,33D,34D,35D,36D,37D,39D,40D,41D,42D,43D,44D. The van der Waals surface area contributed by atoms with Gasteiger partial charge in [0, 0.05) is 33.4 Å². The number of benzene rings is 11. The van der Waals surface area contributed by atoms with Crippen molar-refractivity contribution in [2.45, 2.75) is 0 Å². The molecule has 12 rings (SSSR count). The average molecular weight is 897 g/mol. The fraction of sp³-hybridized carbons (Fsp3) is 0. The highest BCUT2D eigenvalue weighted by atomic mass is 15.1. The van der Waals surface area contributed by atoms with Crippen molar-refractivity contribution < 1.29 is 41.1 Å². The van der Waals surface area contributed by atoms with Crippen molar-refractivity contribution in [2.75, 3.05) is 4.90 Å². The van der Waals surface area contributed by atoms with Crippen LogP contribution in [0.3, 0.4) is 0 Å². The molecule has 2 heteroatoms. The summed E-state index contributed by atoms with van der Waals surface area (Å²) in [7, 11) is 0. The first-order chi connectivity index (χ1) is 46.2. The van der Waals surface area contributed by atoms with Crippen molar-refractivity contribution in [3.63, 3.8) is 0 Å². The van der Waals surface area contributed by atoms with E-state index in [-0.39, 0.29) is 11.1 Å². The number of fused-ring (bicyclic) bond motifs is 3. The maximum absolute atomic E-state index is 9.90. The average Bonchev–Trinajstić information content (AvgIpc) is 0.949. The van der Waals surface area contributed by atoms with Crippen LogP contribution in [0.4, 0.5) is 17.1 Å². The lowest BCUT2D eigenvalue weighted by Crippen LogP contribution is -2.09. The Hall–Kier alpha value is -8.98. The fourth-order valence-corrected chi connectivity index (χ4v) is 7.90. The van der Waals surface area contributed by atoms with Crippen LogP contribution in [0.5, 0.6) is 0 Å². The van der Waals surface area contributed by atoms with E-state index in [9.17, 15) is 20.6 Å². The van der Waals surface area contributed by atoms with Crippen molar-refractivity contribution in [1.29, 1.82) is 0 Å². The van der Waals surface area contributed by atoms with Crippen LogP contribution < -0.4 is 4.90 Å². The smallest absolute Gasteiger partial charge is 0.0645 e. The van der Waals surface area contributed by atoms with Gasteiger partial charge in [0.2, 0.25) is 0 Å². The fourth-order valence-electron chi connectivity index (χ4n) is 7.90. The first kappa shape index (κ1) is 19.9. The SMILES string of the molecule is [2H]c1c([2H])c([2H])c(-c2c([2H])c([2H])c(-c3c([2H])c([2H])c(N(c4c([2H])c([2H])c(-c5ccc6c(c5)c5ccccc5n6-c5ccccc5-c5ccccc5)c([2H])c4[2H])c4c([2H])c([2H])c(-c5c([2H])c([2H])c([2H])c([2H])c5-c5c([2H])c([2H])c([2H])c([2H])c5[2H])c([2H])c4[2H])c([2H])c3[2H])c([2H])c2[2H])c([2H])c1[2H]. The highest BCUT2D eigenvalue weighted by molar-refractivity contribution is 6.11. The molecule has 0 spiro atoms. The molecule has 0 fully saturated rings. The van der Waals surface area contributed by atoms with Gasteiger partial charge >= 0.3 is 0 Å². The van der Waals surface area contributed by atoms with Gasteiger partial charge in [0.25, 0.3) is 0 Å². The zero-order valence-electron chi connectivity index (χ0n) is 65.1. The van der Waals surface area contributed by atoms with Crippen LogP contribution in [0.25, 0.3) is 94.3 Å². The molecule has 2 nitrogen and oxygen atoms in total. The van der Waals surface area contributed by atoms with E-state index in [0.717, 1.165) is 22.3 Å².